The number of methoxy groups -OCH3 is 1. The van der Waals surface area contributed by atoms with Gasteiger partial charge in [0.1, 0.15) is 41.7 Å². The summed E-state index contributed by atoms with van der Waals surface area (Å²) in [6, 6.07) is 37.9. The molecular weight excluding hydrogens is 827 g/mol. The van der Waals surface area contributed by atoms with Crippen LogP contribution in [0.15, 0.2) is 126 Å². The molecule has 3 heterocycles. The van der Waals surface area contributed by atoms with Crippen LogP contribution in [0.1, 0.15) is 72.7 Å². The van der Waals surface area contributed by atoms with Gasteiger partial charge < -0.3 is 37.9 Å². The summed E-state index contributed by atoms with van der Waals surface area (Å²) in [6.07, 6.45) is -3.68. The zero-order valence-corrected chi connectivity index (χ0v) is 38.1. The smallest absolute Gasteiger partial charge is 0.417 e. The van der Waals surface area contributed by atoms with E-state index in [1.807, 2.05) is 136 Å². The van der Waals surface area contributed by atoms with Crippen LogP contribution in [-0.4, -0.2) is 90.5 Å². The van der Waals surface area contributed by atoms with Crippen LogP contribution < -0.4 is 0 Å². The van der Waals surface area contributed by atoms with Crippen LogP contribution in [0.2, 0.25) is 0 Å². The Hall–Kier alpha value is -5.47. The first-order valence-electron chi connectivity index (χ1n) is 22.4. The van der Waals surface area contributed by atoms with Crippen LogP contribution >= 0.6 is 0 Å². The molecular formula is C53H61NO11. The number of benzene rings is 4. The molecule has 1 aromatic heterocycles. The molecule has 12 heteroatoms. The highest BCUT2D eigenvalue weighted by atomic mass is 16.7. The third-order valence-corrected chi connectivity index (χ3v) is 12.1. The van der Waals surface area contributed by atoms with Crippen molar-refractivity contribution in [2.75, 3.05) is 20.3 Å². The molecule has 2 amide bonds. The Bertz CT molecular complexity index is 2330. The topological polar surface area (TPSA) is 143 Å². The van der Waals surface area contributed by atoms with Gasteiger partial charge in [0.15, 0.2) is 12.1 Å². The van der Waals surface area contributed by atoms with Crippen molar-refractivity contribution in [2.45, 2.75) is 109 Å². The molecule has 4 aromatic carbocycles. The first kappa shape index (κ1) is 47.5. The fourth-order valence-corrected chi connectivity index (χ4v) is 9.13. The van der Waals surface area contributed by atoms with E-state index in [4.69, 9.17) is 32.8 Å². The second kappa shape index (κ2) is 21.7. The third-order valence-electron chi connectivity index (χ3n) is 12.1. The number of imide groups is 1. The molecule has 0 unspecified atom stereocenters. The van der Waals surface area contributed by atoms with Crippen molar-refractivity contribution < 1.29 is 52.3 Å². The van der Waals surface area contributed by atoms with Crippen molar-refractivity contribution in [1.29, 1.82) is 0 Å². The highest BCUT2D eigenvalue weighted by Gasteiger charge is 2.54. The monoisotopic (exact) mass is 887 g/mol. The molecule has 2 aliphatic rings. The molecule has 0 aliphatic carbocycles. The van der Waals surface area contributed by atoms with Crippen molar-refractivity contribution in [3.8, 4) is 11.1 Å². The summed E-state index contributed by atoms with van der Waals surface area (Å²) in [4.78, 5) is 43.9. The molecule has 2 aliphatic heterocycles. The Kier molecular flexibility index (Phi) is 15.8. The number of rotatable bonds is 20. The van der Waals surface area contributed by atoms with Gasteiger partial charge in [-0.3, -0.25) is 9.59 Å². The highest BCUT2D eigenvalue weighted by Crippen LogP contribution is 2.37. The van der Waals surface area contributed by atoms with E-state index in [2.05, 4.69) is 0 Å². The normalized spacial score (nSPS) is 22.2. The molecule has 0 saturated carbocycles. The Morgan fingerprint density at radius 2 is 1.40 bits per heavy atom. The molecule has 0 spiro atoms. The van der Waals surface area contributed by atoms with Gasteiger partial charge in [-0.15, -0.1) is 0 Å². The van der Waals surface area contributed by atoms with Crippen LogP contribution in [0, 0.1) is 18.8 Å². The maximum atomic E-state index is 14.8. The van der Waals surface area contributed by atoms with E-state index in [1.165, 1.54) is 7.11 Å². The number of hydrogen-bond acceptors (Lipinski definition) is 11. The number of cyclic esters (lactones) is 1. The second-order valence-electron chi connectivity index (χ2n) is 17.7. The molecule has 0 radical (unpaired) electrons. The van der Waals surface area contributed by atoms with Crippen LogP contribution in [0.4, 0.5) is 4.79 Å². The molecule has 7 atom stereocenters. The van der Waals surface area contributed by atoms with Crippen molar-refractivity contribution in [3.63, 3.8) is 0 Å². The summed E-state index contributed by atoms with van der Waals surface area (Å²) in [6.45, 7) is 9.83. The number of nitrogens with zero attached hydrogens (tertiary/aromatic N) is 1. The number of ketones is 1. The van der Waals surface area contributed by atoms with E-state index < -0.39 is 66.1 Å². The molecule has 2 saturated heterocycles. The summed E-state index contributed by atoms with van der Waals surface area (Å²) in [5.41, 5.74) is 4.31. The number of hydrogen-bond donors (Lipinski definition) is 1. The van der Waals surface area contributed by atoms with Gasteiger partial charge in [0.2, 0.25) is 11.7 Å². The van der Waals surface area contributed by atoms with Crippen molar-refractivity contribution in [2.24, 2.45) is 11.8 Å². The third kappa shape index (κ3) is 11.3. The zero-order chi connectivity index (χ0) is 46.1. The summed E-state index contributed by atoms with van der Waals surface area (Å²) < 4.78 is 44.0. The average molecular weight is 888 g/mol. The number of ether oxygens (including phenoxy) is 6. The Labute approximate surface area is 381 Å². The standard InChI is InChI=1S/C53H61NO11/c1-34(2)49-53(4,5)65-52(58)54(49)50(57)41(29-36-19-10-7-11-20-36)45(56)43-30-40(39-25-16-18-35(3)28-39)42(63-43)26-17-27-60-48-47(62-33-38-23-14-9-15-24-38)46(44(31-55)64-51(48)59-6)61-32-37-21-12-8-13-22-37/h7-16,18-25,28,30,34,41,44,46-49,51,55H,17,26-27,29,31-33H2,1-6H3/t41-,44+,46+,47-,48-,49+,51-/m0/s1. The first-order chi connectivity index (χ1) is 31.4. The minimum Gasteiger partial charge on any atom is -0.457 e. The number of carbonyl (C=O) groups is 3. The largest absolute Gasteiger partial charge is 0.457 e. The van der Waals surface area contributed by atoms with Gasteiger partial charge in [-0.1, -0.05) is 135 Å². The highest BCUT2D eigenvalue weighted by molar-refractivity contribution is 6.12. The SMILES string of the molecule is CO[C@H]1O[C@H](CO)[C@@H](OCc2ccccc2)[C@H](OCc2ccccc2)[C@@H]1OCCCc1oc(C(=O)[C@H](Cc2ccccc2)C(=O)N2C(=O)OC(C)(C)[C@H]2C(C)C)cc1-c1cccc(C)c1. The fourth-order valence-electron chi connectivity index (χ4n) is 9.13. The maximum absolute atomic E-state index is 14.8. The lowest BCUT2D eigenvalue weighted by molar-refractivity contribution is -0.319. The van der Waals surface area contributed by atoms with Crippen LogP contribution in [-0.2, 0) is 59.3 Å². The van der Waals surface area contributed by atoms with Gasteiger partial charge in [0.05, 0.1) is 25.9 Å². The maximum Gasteiger partial charge on any atom is 0.417 e. The van der Waals surface area contributed by atoms with Gasteiger partial charge in [-0.05, 0) is 67.9 Å². The van der Waals surface area contributed by atoms with E-state index in [0.717, 1.165) is 32.7 Å². The Balaban J connectivity index is 1.15. The fraction of sp³-hybridized carbons (Fsp3) is 0.415. The Morgan fingerprint density at radius 1 is 0.785 bits per heavy atom. The van der Waals surface area contributed by atoms with Crippen molar-refractivity contribution in [1.82, 2.24) is 4.90 Å². The Morgan fingerprint density at radius 3 is 1.98 bits per heavy atom. The van der Waals surface area contributed by atoms with Gasteiger partial charge in [0, 0.05) is 25.7 Å². The van der Waals surface area contributed by atoms with Gasteiger partial charge in [0.25, 0.3) is 0 Å². The molecule has 12 nitrogen and oxygen atoms in total. The molecule has 0 bridgehead atoms. The lowest BCUT2D eigenvalue weighted by Crippen LogP contribution is -2.61. The number of aryl methyl sites for hydroxylation is 2. The number of aliphatic hydroxyl groups is 1. The summed E-state index contributed by atoms with van der Waals surface area (Å²) in [5.74, 6) is -2.00. The van der Waals surface area contributed by atoms with Crippen LogP contribution in [0.25, 0.3) is 11.1 Å². The lowest BCUT2D eigenvalue weighted by atomic mass is 9.86. The number of carbonyl (C=O) groups excluding carboxylic acids is 3. The first-order valence-corrected chi connectivity index (χ1v) is 22.4. The molecule has 2 fully saturated rings. The molecule has 65 heavy (non-hydrogen) atoms. The molecule has 344 valence electrons. The van der Waals surface area contributed by atoms with E-state index in [0.29, 0.717) is 24.2 Å². The van der Waals surface area contributed by atoms with E-state index in [-0.39, 0.29) is 44.5 Å². The van der Waals surface area contributed by atoms with Crippen molar-refractivity contribution in [3.05, 3.63) is 155 Å². The summed E-state index contributed by atoms with van der Waals surface area (Å²) in [5, 5.41) is 10.5. The number of aliphatic hydroxyl groups excluding tert-OH is 1. The van der Waals surface area contributed by atoms with Gasteiger partial charge >= 0.3 is 6.09 Å². The minimum absolute atomic E-state index is 0.0163. The lowest BCUT2D eigenvalue weighted by Gasteiger charge is -2.45. The van der Waals surface area contributed by atoms with Crippen LogP contribution in [0.5, 0.6) is 0 Å². The summed E-state index contributed by atoms with van der Waals surface area (Å²) >= 11 is 0. The molecule has 7 rings (SSSR count). The average Bonchev–Trinajstić information content (AvgIpc) is 3.85. The van der Waals surface area contributed by atoms with Gasteiger partial charge in [-0.25, -0.2) is 9.69 Å². The summed E-state index contributed by atoms with van der Waals surface area (Å²) in [7, 11) is 1.52. The quantitative estimate of drug-likeness (QED) is 0.0455. The van der Waals surface area contributed by atoms with Gasteiger partial charge in [-0.2, -0.15) is 0 Å². The number of furan rings is 1. The zero-order valence-electron chi connectivity index (χ0n) is 38.1. The molecule has 1 N–H and O–H groups in total. The second-order valence-corrected chi connectivity index (χ2v) is 17.7. The van der Waals surface area contributed by atoms with E-state index >= 15 is 0 Å². The number of Topliss-reactive ketones (excluding diaryl/α,β-unsaturated/α-hetero) is 1. The number of amides is 2. The minimum atomic E-state index is -1.27. The van der Waals surface area contributed by atoms with Crippen LogP contribution in [0.3, 0.4) is 0 Å². The predicted octanol–water partition coefficient (Wildman–Crippen LogP) is 8.93. The van der Waals surface area contributed by atoms with E-state index in [1.54, 1.807) is 19.9 Å². The van der Waals surface area contributed by atoms with Crippen molar-refractivity contribution >= 4 is 17.8 Å². The predicted molar refractivity (Wildman–Crippen MR) is 244 cm³/mol. The van der Waals surface area contributed by atoms with E-state index in [9.17, 15) is 19.5 Å². The molecule has 5 aromatic rings.